The quantitative estimate of drug-likeness (QED) is 0.475. The highest BCUT2D eigenvalue weighted by molar-refractivity contribution is 5.86. The summed E-state index contributed by atoms with van der Waals surface area (Å²) in [5.74, 6) is -0.892. The van der Waals surface area contributed by atoms with E-state index in [0.717, 1.165) is 0 Å². The Hall–Kier alpha value is -1.38. The van der Waals surface area contributed by atoms with E-state index < -0.39 is 5.97 Å². The molecule has 0 saturated heterocycles. The van der Waals surface area contributed by atoms with Gasteiger partial charge in [-0.05, 0) is 6.07 Å². The molecule has 0 fully saturated rings. The summed E-state index contributed by atoms with van der Waals surface area (Å²) in [6.45, 7) is 0. The number of hydrogen-bond donors (Lipinski definition) is 1. The monoisotopic (exact) mass is 153 g/mol. The van der Waals surface area contributed by atoms with E-state index in [1.807, 2.05) is 0 Å². The van der Waals surface area contributed by atoms with Crippen molar-refractivity contribution in [1.82, 2.24) is 0 Å². The van der Waals surface area contributed by atoms with Crippen molar-refractivity contribution in [3.8, 4) is 0 Å². The Morgan fingerprint density at radius 1 is 1.64 bits per heavy atom. The number of pyridine rings is 1. The highest BCUT2D eigenvalue weighted by Crippen LogP contribution is 1.91. The zero-order valence-electron chi connectivity index (χ0n) is 6.61. The maximum atomic E-state index is 10.3. The van der Waals surface area contributed by atoms with Crippen LogP contribution in [0.1, 0.15) is 10.4 Å². The third-order valence-corrected chi connectivity index (χ3v) is 1.19. The first-order valence-electron chi connectivity index (χ1n) is 2.89. The molecule has 0 saturated carbocycles. The van der Waals surface area contributed by atoms with Gasteiger partial charge in [-0.2, -0.15) is 0 Å². The van der Waals surface area contributed by atoms with E-state index in [9.17, 15) is 4.79 Å². The first-order valence-corrected chi connectivity index (χ1v) is 2.89. The molecule has 1 N–H and O–H groups in total. The Labute approximate surface area is 65.9 Å². The largest absolute Gasteiger partial charge is 0.477 e. The van der Waals surface area contributed by atoms with Crippen LogP contribution in [0.25, 0.3) is 0 Å². The summed E-state index contributed by atoms with van der Waals surface area (Å²) in [5.41, 5.74) is 0.310. The van der Waals surface area contributed by atoms with E-state index in [0.29, 0.717) is 5.56 Å². The number of nitrogens with zero attached hydrogens (tertiary/aromatic N) is 1. The van der Waals surface area contributed by atoms with Crippen LogP contribution in [0, 0.1) is 7.43 Å². The fraction of sp³-hybridized carbons (Fsp3) is 0.125. The van der Waals surface area contributed by atoms with E-state index in [1.54, 1.807) is 36.1 Å². The second kappa shape index (κ2) is 3.71. The number of hydrogen-bond acceptors (Lipinski definition) is 1. The average Bonchev–Trinajstić information content (AvgIpc) is 1.88. The molecule has 60 valence electrons. The molecule has 0 bridgehead atoms. The highest BCUT2D eigenvalue weighted by Gasteiger charge is 2.04. The van der Waals surface area contributed by atoms with Gasteiger partial charge in [0.15, 0.2) is 12.4 Å². The zero-order valence-corrected chi connectivity index (χ0v) is 6.61. The van der Waals surface area contributed by atoms with Crippen LogP contribution >= 0.6 is 0 Å². The minimum atomic E-state index is -0.892. The maximum Gasteiger partial charge on any atom is 0.341 e. The minimum Gasteiger partial charge on any atom is -0.477 e. The maximum absolute atomic E-state index is 10.3. The smallest absolute Gasteiger partial charge is 0.341 e. The predicted molar refractivity (Wildman–Crippen MR) is 41.0 cm³/mol. The first-order chi connectivity index (χ1) is 4.70. The summed E-state index contributed by atoms with van der Waals surface area (Å²) in [5, 5.41) is 8.50. The second-order valence-corrected chi connectivity index (χ2v) is 2.06. The molecule has 0 aliphatic rings. The Kier molecular flexibility index (Phi) is 3.24. The second-order valence-electron chi connectivity index (χ2n) is 2.06. The van der Waals surface area contributed by atoms with Crippen molar-refractivity contribution < 1.29 is 14.5 Å². The van der Waals surface area contributed by atoms with Gasteiger partial charge in [-0.3, -0.25) is 0 Å². The predicted octanol–water partition coefficient (Wildman–Crippen LogP) is 0.660. The molecule has 0 aliphatic carbocycles. The molecule has 0 amide bonds. The van der Waals surface area contributed by atoms with Crippen LogP contribution in [-0.4, -0.2) is 11.1 Å². The van der Waals surface area contributed by atoms with Gasteiger partial charge in [0, 0.05) is 6.07 Å². The summed E-state index contributed by atoms with van der Waals surface area (Å²) >= 11 is 0. The van der Waals surface area contributed by atoms with Crippen molar-refractivity contribution >= 4 is 5.97 Å². The highest BCUT2D eigenvalue weighted by atomic mass is 16.4. The van der Waals surface area contributed by atoms with E-state index in [-0.39, 0.29) is 7.43 Å². The average molecular weight is 153 g/mol. The number of carboxylic acid groups (broad SMARTS) is 1. The van der Waals surface area contributed by atoms with Crippen molar-refractivity contribution in [2.45, 2.75) is 0 Å². The van der Waals surface area contributed by atoms with Crippen LogP contribution in [0.2, 0.25) is 0 Å². The molecule has 1 heterocycles. The van der Waals surface area contributed by atoms with Crippen LogP contribution in [0.15, 0.2) is 24.5 Å². The lowest BCUT2D eigenvalue weighted by molar-refractivity contribution is -0.671. The van der Waals surface area contributed by atoms with Crippen LogP contribution in [-0.2, 0) is 7.05 Å². The van der Waals surface area contributed by atoms with Crippen LogP contribution < -0.4 is 4.57 Å². The molecular formula is C8H11NO2. The summed E-state index contributed by atoms with van der Waals surface area (Å²) < 4.78 is 1.70. The van der Waals surface area contributed by atoms with Gasteiger partial charge < -0.3 is 12.5 Å². The molecule has 0 aliphatic heterocycles. The topological polar surface area (TPSA) is 41.2 Å². The molecule has 1 aromatic heterocycles. The number of aryl methyl sites for hydroxylation is 1. The summed E-state index contributed by atoms with van der Waals surface area (Å²) in [7, 11) is 1.78. The lowest BCUT2D eigenvalue weighted by atomic mass is 10.3. The van der Waals surface area contributed by atoms with Gasteiger partial charge in [0.05, 0.1) is 0 Å². The van der Waals surface area contributed by atoms with Gasteiger partial charge in [-0.15, -0.1) is 0 Å². The first kappa shape index (κ1) is 9.62. The molecule has 0 unspecified atom stereocenters. The summed E-state index contributed by atoms with van der Waals surface area (Å²) in [6.07, 6.45) is 3.34. The van der Waals surface area contributed by atoms with Crippen LogP contribution in [0.3, 0.4) is 0 Å². The zero-order chi connectivity index (χ0) is 7.56. The third-order valence-electron chi connectivity index (χ3n) is 1.19. The van der Waals surface area contributed by atoms with Gasteiger partial charge in [0.25, 0.3) is 0 Å². The molecule has 1 aromatic rings. The van der Waals surface area contributed by atoms with Crippen molar-refractivity contribution in [2.75, 3.05) is 0 Å². The number of aromatic carboxylic acids is 1. The molecule has 3 heteroatoms. The molecule has 0 spiro atoms. The van der Waals surface area contributed by atoms with Gasteiger partial charge >= 0.3 is 5.97 Å². The molecule has 0 radical (unpaired) electrons. The number of carbonyl (C=O) groups is 1. The molecule has 11 heavy (non-hydrogen) atoms. The fourth-order valence-electron chi connectivity index (χ4n) is 0.714. The number of carboxylic acids is 1. The molecule has 1 rings (SSSR count). The Morgan fingerprint density at radius 2 is 2.27 bits per heavy atom. The standard InChI is InChI=1S/C7H7NO2.CH3/c1-8-4-2-3-6(5-8)7(9)10;/h2-5H,1H3;1H3/q;-1/p+1. The van der Waals surface area contributed by atoms with Crippen LogP contribution in [0.5, 0.6) is 0 Å². The van der Waals surface area contributed by atoms with Crippen molar-refractivity contribution in [2.24, 2.45) is 7.05 Å². The number of rotatable bonds is 1. The van der Waals surface area contributed by atoms with Crippen molar-refractivity contribution in [1.29, 1.82) is 0 Å². The third kappa shape index (κ3) is 2.37. The number of aromatic nitrogens is 1. The molecule has 3 nitrogen and oxygen atoms in total. The van der Waals surface area contributed by atoms with E-state index in [4.69, 9.17) is 5.11 Å². The van der Waals surface area contributed by atoms with Gasteiger partial charge in [0.1, 0.15) is 12.6 Å². The fourth-order valence-corrected chi connectivity index (χ4v) is 0.714. The van der Waals surface area contributed by atoms with Crippen molar-refractivity contribution in [3.05, 3.63) is 37.5 Å². The SMILES string of the molecule is C[n+]1cccc(C(=O)O)c1.[CH3-]. The Bertz CT molecular complexity index is 258. The Balaban J connectivity index is 0.000001000. The lowest BCUT2D eigenvalue weighted by Gasteiger charge is -1.88. The van der Waals surface area contributed by atoms with E-state index in [1.165, 1.54) is 0 Å². The summed E-state index contributed by atoms with van der Waals surface area (Å²) in [4.78, 5) is 10.3. The van der Waals surface area contributed by atoms with E-state index in [2.05, 4.69) is 0 Å². The lowest BCUT2D eigenvalue weighted by Crippen LogP contribution is -2.27. The van der Waals surface area contributed by atoms with E-state index >= 15 is 0 Å². The van der Waals surface area contributed by atoms with Gasteiger partial charge in [-0.1, -0.05) is 0 Å². The summed E-state index contributed by atoms with van der Waals surface area (Å²) in [6, 6.07) is 3.26. The van der Waals surface area contributed by atoms with Crippen molar-refractivity contribution in [3.63, 3.8) is 0 Å². The molecule has 0 atom stereocenters. The molecule has 0 aromatic carbocycles. The molecular weight excluding hydrogens is 142 g/mol. The normalized spacial score (nSPS) is 8.45. The minimum absolute atomic E-state index is 0. The van der Waals surface area contributed by atoms with Gasteiger partial charge in [0.2, 0.25) is 0 Å². The Morgan fingerprint density at radius 3 is 2.64 bits per heavy atom. The van der Waals surface area contributed by atoms with Gasteiger partial charge in [-0.25, -0.2) is 9.36 Å². The van der Waals surface area contributed by atoms with Crippen LogP contribution in [0.4, 0.5) is 0 Å².